The summed E-state index contributed by atoms with van der Waals surface area (Å²) in [7, 11) is 0. The summed E-state index contributed by atoms with van der Waals surface area (Å²) in [5.41, 5.74) is 3.24. The van der Waals surface area contributed by atoms with Gasteiger partial charge in [0, 0.05) is 10.2 Å². The molecule has 1 atom stereocenters. The molecule has 110 valence electrons. The van der Waals surface area contributed by atoms with Crippen molar-refractivity contribution in [2.45, 2.75) is 20.0 Å². The molecule has 0 radical (unpaired) electrons. The Morgan fingerprint density at radius 2 is 1.81 bits per heavy atom. The Labute approximate surface area is 132 Å². The van der Waals surface area contributed by atoms with Crippen LogP contribution in [0.25, 0.3) is 0 Å². The molecule has 2 aromatic carbocycles. The number of carbonyl (C=O) groups excluding carboxylic acids is 1. The first kappa shape index (κ1) is 15.5. The first-order valence-corrected chi connectivity index (χ1v) is 7.38. The Kier molecular flexibility index (Phi) is 4.98. The lowest BCUT2D eigenvalue weighted by molar-refractivity contribution is 0.199. The lowest BCUT2D eigenvalue weighted by Gasteiger charge is -2.11. The number of amides is 2. The molecule has 0 aliphatic carbocycles. The summed E-state index contributed by atoms with van der Waals surface area (Å²) in [4.78, 5) is 12.0. The quantitative estimate of drug-likeness (QED) is 0.766. The van der Waals surface area contributed by atoms with Gasteiger partial charge in [-0.2, -0.15) is 0 Å². The van der Waals surface area contributed by atoms with Crippen molar-refractivity contribution in [2.75, 3.05) is 10.6 Å². The molecule has 2 aromatic rings. The lowest BCUT2D eigenvalue weighted by Crippen LogP contribution is -2.19. The maximum absolute atomic E-state index is 12.0. The molecule has 4 nitrogen and oxygen atoms in total. The number of aliphatic hydroxyl groups is 1. The van der Waals surface area contributed by atoms with Gasteiger partial charge in [0.25, 0.3) is 0 Å². The van der Waals surface area contributed by atoms with Gasteiger partial charge in [-0.15, -0.1) is 0 Å². The van der Waals surface area contributed by atoms with Crippen LogP contribution in [0.3, 0.4) is 0 Å². The van der Waals surface area contributed by atoms with Crippen molar-refractivity contribution in [3.63, 3.8) is 0 Å². The standard InChI is InChI=1S/C16H17BrN2O2/c1-10-4-3-5-14(15(10)17)19-16(21)18-13-8-6-12(7-9-13)11(2)20/h3-9,11,20H,1-2H3,(H2,18,19,21). The molecule has 0 saturated heterocycles. The third-order valence-corrected chi connectivity index (χ3v) is 4.14. The van der Waals surface area contributed by atoms with Crippen LogP contribution in [0.1, 0.15) is 24.2 Å². The topological polar surface area (TPSA) is 61.4 Å². The van der Waals surface area contributed by atoms with Gasteiger partial charge in [0.1, 0.15) is 0 Å². The Hall–Kier alpha value is -1.85. The van der Waals surface area contributed by atoms with Crippen LogP contribution in [0.15, 0.2) is 46.9 Å². The molecular weight excluding hydrogens is 332 g/mol. The van der Waals surface area contributed by atoms with Crippen LogP contribution >= 0.6 is 15.9 Å². The van der Waals surface area contributed by atoms with Crippen molar-refractivity contribution in [3.05, 3.63) is 58.1 Å². The van der Waals surface area contributed by atoms with Gasteiger partial charge < -0.3 is 15.7 Å². The zero-order chi connectivity index (χ0) is 15.4. The second-order valence-electron chi connectivity index (χ2n) is 4.81. The average Bonchev–Trinajstić information content (AvgIpc) is 2.44. The van der Waals surface area contributed by atoms with Crippen LogP contribution in [0.5, 0.6) is 0 Å². The Morgan fingerprint density at radius 3 is 2.43 bits per heavy atom. The van der Waals surface area contributed by atoms with E-state index in [1.165, 1.54) is 0 Å². The number of rotatable bonds is 3. The number of anilines is 2. The predicted octanol–water partition coefficient (Wildman–Crippen LogP) is 4.45. The molecule has 2 rings (SSSR count). The maximum atomic E-state index is 12.0. The molecule has 2 amide bonds. The van der Waals surface area contributed by atoms with Gasteiger partial charge in [-0.3, -0.25) is 0 Å². The largest absolute Gasteiger partial charge is 0.389 e. The van der Waals surface area contributed by atoms with E-state index < -0.39 is 6.10 Å². The maximum Gasteiger partial charge on any atom is 0.323 e. The minimum atomic E-state index is -0.517. The fraction of sp³-hybridized carbons (Fsp3) is 0.188. The zero-order valence-electron chi connectivity index (χ0n) is 11.9. The third kappa shape index (κ3) is 4.06. The number of nitrogens with one attached hydrogen (secondary N) is 2. The molecule has 0 fully saturated rings. The Bertz CT molecular complexity index is 639. The summed E-state index contributed by atoms with van der Waals surface area (Å²) in [5, 5.41) is 15.0. The minimum Gasteiger partial charge on any atom is -0.389 e. The molecule has 0 aliphatic rings. The van der Waals surface area contributed by atoms with Gasteiger partial charge in [0.2, 0.25) is 0 Å². The number of halogens is 1. The van der Waals surface area contributed by atoms with Crippen LogP contribution in [0.4, 0.5) is 16.2 Å². The number of hydrogen-bond acceptors (Lipinski definition) is 2. The summed E-state index contributed by atoms with van der Waals surface area (Å²) in [6.45, 7) is 3.66. The molecule has 0 bridgehead atoms. The van der Waals surface area contributed by atoms with E-state index in [1.54, 1.807) is 31.2 Å². The van der Waals surface area contributed by atoms with Crippen LogP contribution < -0.4 is 10.6 Å². The second kappa shape index (κ2) is 6.74. The summed E-state index contributed by atoms with van der Waals surface area (Å²) in [6.07, 6.45) is -0.517. The molecular formula is C16H17BrN2O2. The van der Waals surface area contributed by atoms with Gasteiger partial charge >= 0.3 is 6.03 Å². The number of hydrogen-bond donors (Lipinski definition) is 3. The highest BCUT2D eigenvalue weighted by Gasteiger charge is 2.07. The number of urea groups is 1. The smallest absolute Gasteiger partial charge is 0.323 e. The summed E-state index contributed by atoms with van der Waals surface area (Å²) in [5.74, 6) is 0. The fourth-order valence-electron chi connectivity index (χ4n) is 1.87. The Balaban J connectivity index is 2.03. The van der Waals surface area contributed by atoms with Gasteiger partial charge in [0.05, 0.1) is 11.8 Å². The molecule has 1 unspecified atom stereocenters. The van der Waals surface area contributed by atoms with E-state index in [-0.39, 0.29) is 6.03 Å². The molecule has 0 aliphatic heterocycles. The molecule has 5 heteroatoms. The van der Waals surface area contributed by atoms with E-state index in [4.69, 9.17) is 0 Å². The second-order valence-corrected chi connectivity index (χ2v) is 5.61. The van der Waals surface area contributed by atoms with Crippen molar-refractivity contribution in [1.29, 1.82) is 0 Å². The van der Waals surface area contributed by atoms with Crippen LogP contribution in [0, 0.1) is 6.92 Å². The van der Waals surface area contributed by atoms with E-state index in [1.807, 2.05) is 25.1 Å². The van der Waals surface area contributed by atoms with E-state index in [0.29, 0.717) is 11.4 Å². The van der Waals surface area contributed by atoms with Crippen LogP contribution in [0.2, 0.25) is 0 Å². The van der Waals surface area contributed by atoms with Gasteiger partial charge in [0.15, 0.2) is 0 Å². The SMILES string of the molecule is Cc1cccc(NC(=O)Nc2ccc(C(C)O)cc2)c1Br. The van der Waals surface area contributed by atoms with Crippen molar-refractivity contribution in [3.8, 4) is 0 Å². The molecule has 3 N–H and O–H groups in total. The third-order valence-electron chi connectivity index (χ3n) is 3.09. The van der Waals surface area contributed by atoms with Gasteiger partial charge in [-0.1, -0.05) is 24.3 Å². The molecule has 21 heavy (non-hydrogen) atoms. The highest BCUT2D eigenvalue weighted by atomic mass is 79.9. The average molecular weight is 349 g/mol. The van der Waals surface area contributed by atoms with E-state index in [2.05, 4.69) is 26.6 Å². The zero-order valence-corrected chi connectivity index (χ0v) is 13.4. The number of benzene rings is 2. The first-order valence-electron chi connectivity index (χ1n) is 6.58. The van der Waals surface area contributed by atoms with Crippen LogP contribution in [-0.2, 0) is 0 Å². The van der Waals surface area contributed by atoms with E-state index >= 15 is 0 Å². The predicted molar refractivity (Wildman–Crippen MR) is 88.6 cm³/mol. The molecule has 0 heterocycles. The number of aryl methyl sites for hydroxylation is 1. The Morgan fingerprint density at radius 1 is 1.14 bits per heavy atom. The highest BCUT2D eigenvalue weighted by molar-refractivity contribution is 9.10. The fourth-order valence-corrected chi connectivity index (χ4v) is 2.24. The lowest BCUT2D eigenvalue weighted by atomic mass is 10.1. The summed E-state index contributed by atoms with van der Waals surface area (Å²) >= 11 is 3.45. The van der Waals surface area contributed by atoms with Crippen molar-refractivity contribution in [2.24, 2.45) is 0 Å². The van der Waals surface area contributed by atoms with Crippen molar-refractivity contribution >= 4 is 33.3 Å². The van der Waals surface area contributed by atoms with Gasteiger partial charge in [-0.25, -0.2) is 4.79 Å². The molecule has 0 aromatic heterocycles. The number of carbonyl (C=O) groups is 1. The number of aliphatic hydroxyl groups excluding tert-OH is 1. The van der Waals surface area contributed by atoms with Crippen molar-refractivity contribution < 1.29 is 9.90 Å². The molecule has 0 spiro atoms. The van der Waals surface area contributed by atoms with Gasteiger partial charge in [-0.05, 0) is 59.1 Å². The molecule has 0 saturated carbocycles. The minimum absolute atomic E-state index is 0.314. The summed E-state index contributed by atoms with van der Waals surface area (Å²) in [6, 6.07) is 12.4. The normalized spacial score (nSPS) is 11.8. The van der Waals surface area contributed by atoms with E-state index in [0.717, 1.165) is 15.6 Å². The highest BCUT2D eigenvalue weighted by Crippen LogP contribution is 2.25. The monoisotopic (exact) mass is 348 g/mol. The summed E-state index contributed by atoms with van der Waals surface area (Å²) < 4.78 is 0.865. The van der Waals surface area contributed by atoms with E-state index in [9.17, 15) is 9.90 Å². The van der Waals surface area contributed by atoms with Crippen LogP contribution in [-0.4, -0.2) is 11.1 Å². The first-order chi connectivity index (χ1) is 9.97. The van der Waals surface area contributed by atoms with Crippen molar-refractivity contribution in [1.82, 2.24) is 0 Å².